The lowest BCUT2D eigenvalue weighted by Crippen LogP contribution is -1.84. The molecule has 2 nitrogen and oxygen atoms in total. The second-order valence-corrected chi connectivity index (χ2v) is 5.91. The van der Waals surface area contributed by atoms with E-state index in [4.69, 9.17) is 4.98 Å². The highest BCUT2D eigenvalue weighted by molar-refractivity contribution is 5.81. The molecule has 4 aromatic rings. The molecule has 1 heterocycles. The molecule has 0 radical (unpaired) electrons. The maximum atomic E-state index is 4.89. The second kappa shape index (κ2) is 6.17. The smallest absolute Gasteiger partial charge is 0.138 e. The van der Waals surface area contributed by atoms with Gasteiger partial charge in [-0.05, 0) is 6.92 Å². The first kappa shape index (κ1) is 14.5. The molecule has 0 bridgehead atoms. The van der Waals surface area contributed by atoms with E-state index in [1.807, 2.05) is 36.4 Å². The molecular weight excluding hydrogens is 292 g/mol. The van der Waals surface area contributed by atoms with Crippen LogP contribution in [0.15, 0.2) is 84.9 Å². The van der Waals surface area contributed by atoms with Crippen molar-refractivity contribution in [2.75, 3.05) is 0 Å². The fourth-order valence-corrected chi connectivity index (χ4v) is 2.84. The lowest BCUT2D eigenvalue weighted by molar-refractivity contribution is 1.31. The summed E-state index contributed by atoms with van der Waals surface area (Å²) in [6, 6.07) is 29.1. The Balaban J connectivity index is 1.90. The van der Waals surface area contributed by atoms with Crippen molar-refractivity contribution in [1.82, 2.24) is 9.97 Å². The molecule has 1 aromatic heterocycles. The normalized spacial score (nSPS) is 10.7. The van der Waals surface area contributed by atoms with E-state index < -0.39 is 0 Å². The van der Waals surface area contributed by atoms with Gasteiger partial charge in [0.05, 0.1) is 11.4 Å². The van der Waals surface area contributed by atoms with Gasteiger partial charge in [-0.1, -0.05) is 90.5 Å². The molecule has 1 N–H and O–H groups in total. The first-order chi connectivity index (χ1) is 11.8. The third kappa shape index (κ3) is 2.74. The van der Waals surface area contributed by atoms with E-state index in [-0.39, 0.29) is 0 Å². The van der Waals surface area contributed by atoms with E-state index in [1.54, 1.807) is 0 Å². The number of nitrogens with one attached hydrogen (secondary N) is 1. The molecule has 0 saturated carbocycles. The third-order valence-electron chi connectivity index (χ3n) is 4.14. The number of benzene rings is 3. The predicted molar refractivity (Wildman–Crippen MR) is 99.6 cm³/mol. The Bertz CT molecular complexity index is 936. The number of rotatable bonds is 3. The minimum Gasteiger partial charge on any atom is -0.337 e. The Labute approximate surface area is 141 Å². The van der Waals surface area contributed by atoms with Gasteiger partial charge in [-0.2, -0.15) is 0 Å². The number of imidazole rings is 1. The summed E-state index contributed by atoms with van der Waals surface area (Å²) < 4.78 is 0. The molecule has 0 saturated heterocycles. The zero-order chi connectivity index (χ0) is 16.4. The quantitative estimate of drug-likeness (QED) is 0.515. The van der Waals surface area contributed by atoms with E-state index in [0.29, 0.717) is 0 Å². The standard InChI is InChI=1S/C22H18N2/c1-16-12-14-18(15-13-16)21-20(17-8-4-2-5-9-17)23-22(24-21)19-10-6-3-7-11-19/h2-15H,1H3,(H,23,24). The van der Waals surface area contributed by atoms with E-state index in [9.17, 15) is 0 Å². The molecule has 4 rings (SSSR count). The van der Waals surface area contributed by atoms with Crippen molar-refractivity contribution in [1.29, 1.82) is 0 Å². The summed E-state index contributed by atoms with van der Waals surface area (Å²) in [4.78, 5) is 8.42. The van der Waals surface area contributed by atoms with Crippen molar-refractivity contribution >= 4 is 0 Å². The second-order valence-electron chi connectivity index (χ2n) is 5.91. The number of aromatic amines is 1. The van der Waals surface area contributed by atoms with Crippen molar-refractivity contribution in [2.24, 2.45) is 0 Å². The molecule has 0 unspecified atom stereocenters. The SMILES string of the molecule is Cc1ccc(-c2[nH]c(-c3ccccc3)nc2-c2ccccc2)cc1. The van der Waals surface area contributed by atoms with Crippen LogP contribution < -0.4 is 0 Å². The highest BCUT2D eigenvalue weighted by atomic mass is 14.9. The molecule has 0 atom stereocenters. The topological polar surface area (TPSA) is 28.7 Å². The van der Waals surface area contributed by atoms with Crippen LogP contribution in [0.3, 0.4) is 0 Å². The van der Waals surface area contributed by atoms with Crippen LogP contribution in [0, 0.1) is 6.92 Å². The van der Waals surface area contributed by atoms with E-state index in [2.05, 4.69) is 60.4 Å². The molecule has 24 heavy (non-hydrogen) atoms. The van der Waals surface area contributed by atoms with Gasteiger partial charge in [-0.15, -0.1) is 0 Å². The Morgan fingerprint density at radius 3 is 1.83 bits per heavy atom. The average molecular weight is 310 g/mol. The van der Waals surface area contributed by atoms with Crippen LogP contribution >= 0.6 is 0 Å². The molecule has 0 fully saturated rings. The lowest BCUT2D eigenvalue weighted by atomic mass is 10.0. The molecule has 0 amide bonds. The molecule has 0 aliphatic carbocycles. The predicted octanol–water partition coefficient (Wildman–Crippen LogP) is 5.72. The fourth-order valence-electron chi connectivity index (χ4n) is 2.84. The fraction of sp³-hybridized carbons (Fsp3) is 0.0455. The maximum Gasteiger partial charge on any atom is 0.138 e. The highest BCUT2D eigenvalue weighted by Crippen LogP contribution is 2.32. The molecule has 0 aliphatic rings. The molecule has 0 spiro atoms. The lowest BCUT2D eigenvalue weighted by Gasteiger charge is -2.03. The average Bonchev–Trinajstić information content (AvgIpc) is 3.09. The van der Waals surface area contributed by atoms with Gasteiger partial charge >= 0.3 is 0 Å². The van der Waals surface area contributed by atoms with Crippen molar-refractivity contribution in [3.05, 3.63) is 90.5 Å². The number of aryl methyl sites for hydroxylation is 1. The van der Waals surface area contributed by atoms with Crippen LogP contribution in [0.4, 0.5) is 0 Å². The Morgan fingerprint density at radius 2 is 1.21 bits per heavy atom. The molecule has 0 aliphatic heterocycles. The monoisotopic (exact) mass is 310 g/mol. The number of hydrogen-bond donors (Lipinski definition) is 1. The summed E-state index contributed by atoms with van der Waals surface area (Å²) >= 11 is 0. The Morgan fingerprint density at radius 1 is 0.625 bits per heavy atom. The Kier molecular flexibility index (Phi) is 3.72. The summed E-state index contributed by atoms with van der Waals surface area (Å²) in [6.45, 7) is 2.10. The van der Waals surface area contributed by atoms with E-state index in [0.717, 1.165) is 33.9 Å². The van der Waals surface area contributed by atoms with Crippen molar-refractivity contribution < 1.29 is 0 Å². The number of hydrogen-bond acceptors (Lipinski definition) is 1. The summed E-state index contributed by atoms with van der Waals surface area (Å²) in [5, 5.41) is 0. The summed E-state index contributed by atoms with van der Waals surface area (Å²) in [6.07, 6.45) is 0. The first-order valence-corrected chi connectivity index (χ1v) is 8.09. The molecule has 3 aromatic carbocycles. The van der Waals surface area contributed by atoms with Gasteiger partial charge in [0.1, 0.15) is 5.82 Å². The summed E-state index contributed by atoms with van der Waals surface area (Å²) in [5.41, 5.74) is 6.65. The third-order valence-corrected chi connectivity index (χ3v) is 4.14. The van der Waals surface area contributed by atoms with E-state index >= 15 is 0 Å². The van der Waals surface area contributed by atoms with Gasteiger partial charge in [0.25, 0.3) is 0 Å². The van der Waals surface area contributed by atoms with Gasteiger partial charge in [-0.3, -0.25) is 0 Å². The van der Waals surface area contributed by atoms with Gasteiger partial charge in [0.15, 0.2) is 0 Å². The van der Waals surface area contributed by atoms with Crippen LogP contribution in [0.5, 0.6) is 0 Å². The van der Waals surface area contributed by atoms with Crippen LogP contribution in [0.25, 0.3) is 33.9 Å². The van der Waals surface area contributed by atoms with Crippen molar-refractivity contribution in [3.8, 4) is 33.9 Å². The molecular formula is C22H18N2. The molecule has 116 valence electrons. The van der Waals surface area contributed by atoms with Crippen LogP contribution in [0.2, 0.25) is 0 Å². The number of aromatic nitrogens is 2. The zero-order valence-electron chi connectivity index (χ0n) is 13.5. The van der Waals surface area contributed by atoms with Crippen molar-refractivity contribution in [2.45, 2.75) is 6.92 Å². The Hall–Kier alpha value is -3.13. The van der Waals surface area contributed by atoms with Gasteiger partial charge < -0.3 is 4.98 Å². The largest absolute Gasteiger partial charge is 0.337 e. The highest BCUT2D eigenvalue weighted by Gasteiger charge is 2.14. The molecule has 2 heteroatoms. The van der Waals surface area contributed by atoms with Gasteiger partial charge in [-0.25, -0.2) is 4.98 Å². The van der Waals surface area contributed by atoms with Crippen LogP contribution in [-0.2, 0) is 0 Å². The van der Waals surface area contributed by atoms with E-state index in [1.165, 1.54) is 5.56 Å². The van der Waals surface area contributed by atoms with Crippen LogP contribution in [-0.4, -0.2) is 9.97 Å². The minimum atomic E-state index is 0.894. The minimum absolute atomic E-state index is 0.894. The number of H-pyrrole nitrogens is 1. The summed E-state index contributed by atoms with van der Waals surface area (Å²) in [7, 11) is 0. The number of nitrogens with zero attached hydrogens (tertiary/aromatic N) is 1. The maximum absolute atomic E-state index is 4.89. The summed E-state index contributed by atoms with van der Waals surface area (Å²) in [5.74, 6) is 0.894. The zero-order valence-corrected chi connectivity index (χ0v) is 13.5. The van der Waals surface area contributed by atoms with Crippen molar-refractivity contribution in [3.63, 3.8) is 0 Å². The first-order valence-electron chi connectivity index (χ1n) is 8.09. The van der Waals surface area contributed by atoms with Gasteiger partial charge in [0.2, 0.25) is 0 Å². The van der Waals surface area contributed by atoms with Crippen LogP contribution in [0.1, 0.15) is 5.56 Å². The van der Waals surface area contributed by atoms with Gasteiger partial charge in [0, 0.05) is 16.7 Å².